The SMILES string of the molecule is CN(CC1CCNCC1)S(=O)(=O)CC1CC1. The third-order valence-electron chi connectivity index (χ3n) is 3.59. The van der Waals surface area contributed by atoms with E-state index >= 15 is 0 Å². The van der Waals surface area contributed by atoms with Crippen molar-refractivity contribution in [3.05, 3.63) is 0 Å². The van der Waals surface area contributed by atoms with Gasteiger partial charge in [0.1, 0.15) is 0 Å². The van der Waals surface area contributed by atoms with Crippen molar-refractivity contribution in [3.63, 3.8) is 0 Å². The summed E-state index contributed by atoms with van der Waals surface area (Å²) < 4.78 is 25.5. The van der Waals surface area contributed by atoms with Crippen LogP contribution in [0.5, 0.6) is 0 Å². The summed E-state index contributed by atoms with van der Waals surface area (Å²) in [5.41, 5.74) is 0. The molecular formula is C11H22N2O2S. The lowest BCUT2D eigenvalue weighted by atomic mass is 9.98. The molecule has 0 aromatic carbocycles. The van der Waals surface area contributed by atoms with Gasteiger partial charge in [-0.15, -0.1) is 0 Å². The smallest absolute Gasteiger partial charge is 0.214 e. The van der Waals surface area contributed by atoms with Crippen LogP contribution in [0.1, 0.15) is 25.7 Å². The second-order valence-electron chi connectivity index (χ2n) is 5.20. The van der Waals surface area contributed by atoms with Crippen LogP contribution in [0.15, 0.2) is 0 Å². The van der Waals surface area contributed by atoms with Crippen LogP contribution >= 0.6 is 0 Å². The van der Waals surface area contributed by atoms with Gasteiger partial charge in [-0.3, -0.25) is 0 Å². The van der Waals surface area contributed by atoms with Crippen LogP contribution in [0.3, 0.4) is 0 Å². The first-order valence-corrected chi connectivity index (χ1v) is 7.83. The molecule has 0 unspecified atom stereocenters. The first kappa shape index (κ1) is 12.3. The molecule has 1 aliphatic heterocycles. The van der Waals surface area contributed by atoms with Crippen molar-refractivity contribution in [1.82, 2.24) is 9.62 Å². The van der Waals surface area contributed by atoms with Gasteiger partial charge >= 0.3 is 0 Å². The van der Waals surface area contributed by atoms with E-state index in [-0.39, 0.29) is 0 Å². The lowest BCUT2D eigenvalue weighted by molar-refractivity contribution is 0.311. The third-order valence-corrected chi connectivity index (χ3v) is 5.58. The molecule has 0 radical (unpaired) electrons. The average Bonchev–Trinajstić information content (AvgIpc) is 3.02. The van der Waals surface area contributed by atoms with Crippen molar-refractivity contribution in [3.8, 4) is 0 Å². The Bertz CT molecular complexity index is 319. The highest BCUT2D eigenvalue weighted by molar-refractivity contribution is 7.89. The minimum absolute atomic E-state index is 0.370. The van der Waals surface area contributed by atoms with Crippen LogP contribution in [0.25, 0.3) is 0 Å². The van der Waals surface area contributed by atoms with Crippen molar-refractivity contribution in [2.24, 2.45) is 11.8 Å². The van der Waals surface area contributed by atoms with Gasteiger partial charge in [-0.05, 0) is 50.6 Å². The zero-order valence-electron chi connectivity index (χ0n) is 9.98. The second kappa shape index (κ2) is 5.02. The van der Waals surface area contributed by atoms with Gasteiger partial charge in [0, 0.05) is 13.6 Å². The summed E-state index contributed by atoms with van der Waals surface area (Å²) in [4.78, 5) is 0. The zero-order chi connectivity index (χ0) is 11.6. The molecule has 5 heteroatoms. The Balaban J connectivity index is 1.82. The molecule has 2 rings (SSSR count). The maximum Gasteiger partial charge on any atom is 0.214 e. The molecule has 0 amide bonds. The van der Waals surface area contributed by atoms with E-state index in [1.54, 1.807) is 11.4 Å². The van der Waals surface area contributed by atoms with Gasteiger partial charge in [0.05, 0.1) is 5.75 Å². The molecule has 4 nitrogen and oxygen atoms in total. The molecule has 2 fully saturated rings. The van der Waals surface area contributed by atoms with E-state index < -0.39 is 10.0 Å². The molecule has 1 N–H and O–H groups in total. The fourth-order valence-corrected chi connectivity index (χ4v) is 3.87. The summed E-state index contributed by atoms with van der Waals surface area (Å²) in [6.45, 7) is 2.76. The van der Waals surface area contributed by atoms with Crippen molar-refractivity contribution in [2.45, 2.75) is 25.7 Å². The van der Waals surface area contributed by atoms with Gasteiger partial charge < -0.3 is 5.32 Å². The Hall–Kier alpha value is -0.130. The first-order valence-electron chi connectivity index (χ1n) is 6.22. The van der Waals surface area contributed by atoms with Gasteiger partial charge in [0.2, 0.25) is 10.0 Å². The minimum Gasteiger partial charge on any atom is -0.317 e. The molecule has 16 heavy (non-hydrogen) atoms. The van der Waals surface area contributed by atoms with Gasteiger partial charge in [0.25, 0.3) is 0 Å². The largest absolute Gasteiger partial charge is 0.317 e. The van der Waals surface area contributed by atoms with Gasteiger partial charge in [0.15, 0.2) is 0 Å². The first-order chi connectivity index (χ1) is 7.58. The molecule has 1 saturated carbocycles. The van der Waals surface area contributed by atoms with Gasteiger partial charge in [-0.25, -0.2) is 12.7 Å². The van der Waals surface area contributed by atoms with E-state index in [0.29, 0.717) is 24.1 Å². The molecule has 94 valence electrons. The number of hydrogen-bond acceptors (Lipinski definition) is 3. The summed E-state index contributed by atoms with van der Waals surface area (Å²) in [7, 11) is -1.25. The molecule has 1 heterocycles. The Kier molecular flexibility index (Phi) is 3.87. The van der Waals surface area contributed by atoms with Crippen LogP contribution in [-0.2, 0) is 10.0 Å². The fourth-order valence-electron chi connectivity index (χ4n) is 2.25. The quantitative estimate of drug-likeness (QED) is 0.775. The van der Waals surface area contributed by atoms with Gasteiger partial charge in [-0.2, -0.15) is 0 Å². The highest BCUT2D eigenvalue weighted by Gasteiger charge is 2.31. The maximum atomic E-state index is 12.0. The van der Waals surface area contributed by atoms with E-state index in [1.807, 2.05) is 0 Å². The predicted molar refractivity (Wildman–Crippen MR) is 64.7 cm³/mol. The number of sulfonamides is 1. The number of nitrogens with one attached hydrogen (secondary N) is 1. The van der Waals surface area contributed by atoms with Crippen LogP contribution in [0.2, 0.25) is 0 Å². The lowest BCUT2D eigenvalue weighted by Gasteiger charge is -2.27. The normalized spacial score (nSPS) is 23.9. The highest BCUT2D eigenvalue weighted by atomic mass is 32.2. The van der Waals surface area contributed by atoms with Crippen LogP contribution in [0, 0.1) is 11.8 Å². The van der Waals surface area contributed by atoms with Crippen molar-refractivity contribution in [1.29, 1.82) is 0 Å². The molecular weight excluding hydrogens is 224 g/mol. The predicted octanol–water partition coefficient (Wildman–Crippen LogP) is 0.658. The van der Waals surface area contributed by atoms with E-state index in [2.05, 4.69) is 5.32 Å². The van der Waals surface area contributed by atoms with E-state index in [9.17, 15) is 8.42 Å². The summed E-state index contributed by atoms with van der Waals surface area (Å²) >= 11 is 0. The molecule has 0 spiro atoms. The van der Waals surface area contributed by atoms with E-state index in [0.717, 1.165) is 38.8 Å². The highest BCUT2D eigenvalue weighted by Crippen LogP contribution is 2.31. The van der Waals surface area contributed by atoms with Gasteiger partial charge in [-0.1, -0.05) is 0 Å². The number of rotatable bonds is 5. The van der Waals surface area contributed by atoms with Crippen LogP contribution < -0.4 is 5.32 Å². The summed E-state index contributed by atoms with van der Waals surface area (Å²) in [5, 5.41) is 3.30. The summed E-state index contributed by atoms with van der Waals surface area (Å²) in [6, 6.07) is 0. The topological polar surface area (TPSA) is 49.4 Å². The molecule has 0 aromatic rings. The minimum atomic E-state index is -2.98. The molecule has 0 bridgehead atoms. The Labute approximate surface area is 98.4 Å². The summed E-state index contributed by atoms with van der Waals surface area (Å²) in [6.07, 6.45) is 4.40. The van der Waals surface area contributed by atoms with Crippen LogP contribution in [0.4, 0.5) is 0 Å². The number of nitrogens with zero attached hydrogens (tertiary/aromatic N) is 1. The number of hydrogen-bond donors (Lipinski definition) is 1. The molecule has 1 saturated heterocycles. The molecule has 0 aromatic heterocycles. The van der Waals surface area contributed by atoms with Crippen molar-refractivity contribution < 1.29 is 8.42 Å². The maximum absolute atomic E-state index is 12.0. The van der Waals surface area contributed by atoms with E-state index in [4.69, 9.17) is 0 Å². The van der Waals surface area contributed by atoms with E-state index in [1.165, 1.54) is 0 Å². The molecule has 2 aliphatic rings. The number of piperidine rings is 1. The summed E-state index contributed by atoms with van der Waals surface area (Å²) in [5.74, 6) is 1.36. The molecule has 0 atom stereocenters. The zero-order valence-corrected chi connectivity index (χ0v) is 10.8. The lowest BCUT2D eigenvalue weighted by Crippen LogP contribution is -2.38. The standard InChI is InChI=1S/C11H22N2O2S/c1-13(8-10-4-6-12-7-5-10)16(14,15)9-11-2-3-11/h10-12H,2-9H2,1H3. The Morgan fingerprint density at radius 1 is 1.12 bits per heavy atom. The Morgan fingerprint density at radius 3 is 2.31 bits per heavy atom. The van der Waals surface area contributed by atoms with Crippen LogP contribution in [-0.4, -0.2) is 45.2 Å². The van der Waals surface area contributed by atoms with Crippen molar-refractivity contribution in [2.75, 3.05) is 32.4 Å². The monoisotopic (exact) mass is 246 g/mol. The second-order valence-corrected chi connectivity index (χ2v) is 7.32. The average molecular weight is 246 g/mol. The van der Waals surface area contributed by atoms with Crippen molar-refractivity contribution >= 4 is 10.0 Å². The Morgan fingerprint density at radius 2 is 1.75 bits per heavy atom. The fraction of sp³-hybridized carbons (Fsp3) is 1.00. The third kappa shape index (κ3) is 3.43. The molecule has 1 aliphatic carbocycles.